The molecule has 0 aromatic carbocycles. The number of hydrogen-bond acceptors (Lipinski definition) is 2. The lowest BCUT2D eigenvalue weighted by Gasteiger charge is -2.33. The topological polar surface area (TPSA) is 30.9 Å². The van der Waals surface area contributed by atoms with E-state index in [1.165, 1.54) is 51.6 Å². The second-order valence-corrected chi connectivity index (χ2v) is 6.60. The fourth-order valence-corrected chi connectivity index (χ4v) is 3.67. The minimum Gasteiger partial charge on any atom is -0.355 e. The quantitative estimate of drug-likeness (QED) is 0.632. The molecule has 20 heavy (non-hydrogen) atoms. The number of rotatable bonds is 4. The number of nitrogens with zero attached hydrogens (tertiary/aromatic N) is 3. The highest BCUT2D eigenvalue weighted by atomic mass is 15.3. The third kappa shape index (κ3) is 3.87. The average Bonchev–Trinajstić information content (AvgIpc) is 2.87. The van der Waals surface area contributed by atoms with Gasteiger partial charge in [-0.15, -0.1) is 0 Å². The van der Waals surface area contributed by atoms with Crippen LogP contribution in [-0.4, -0.2) is 62.6 Å². The van der Waals surface area contributed by atoms with E-state index in [1.54, 1.807) is 0 Å². The normalized spacial score (nSPS) is 22.8. The average molecular weight is 280 g/mol. The van der Waals surface area contributed by atoms with Gasteiger partial charge in [0, 0.05) is 33.2 Å². The zero-order chi connectivity index (χ0) is 14.4. The largest absolute Gasteiger partial charge is 0.355 e. The van der Waals surface area contributed by atoms with Crippen LogP contribution in [0.5, 0.6) is 0 Å². The van der Waals surface area contributed by atoms with Crippen LogP contribution in [0, 0.1) is 5.41 Å². The van der Waals surface area contributed by atoms with Gasteiger partial charge in [-0.2, -0.15) is 0 Å². The van der Waals surface area contributed by atoms with Crippen molar-refractivity contribution in [1.29, 1.82) is 0 Å². The van der Waals surface area contributed by atoms with Crippen molar-refractivity contribution in [2.75, 3.05) is 46.8 Å². The molecule has 0 unspecified atom stereocenters. The van der Waals surface area contributed by atoms with Crippen LogP contribution < -0.4 is 5.32 Å². The highest BCUT2D eigenvalue weighted by Crippen LogP contribution is 2.43. The summed E-state index contributed by atoms with van der Waals surface area (Å²) in [6.45, 7) is 7.77. The first-order chi connectivity index (χ1) is 9.69. The van der Waals surface area contributed by atoms with E-state index in [0.29, 0.717) is 5.41 Å². The first-order valence-electron chi connectivity index (χ1n) is 8.33. The second kappa shape index (κ2) is 7.30. The van der Waals surface area contributed by atoms with Crippen molar-refractivity contribution >= 4 is 5.96 Å². The van der Waals surface area contributed by atoms with Crippen molar-refractivity contribution in [3.63, 3.8) is 0 Å². The van der Waals surface area contributed by atoms with Crippen LogP contribution >= 0.6 is 0 Å². The molecule has 2 fully saturated rings. The van der Waals surface area contributed by atoms with Crippen LogP contribution in [-0.2, 0) is 0 Å². The SMILES string of the molecule is CCN(C)CCNC(=NC)N1CCC2(CCCCC2)C1. The van der Waals surface area contributed by atoms with Crippen LogP contribution in [0.4, 0.5) is 0 Å². The van der Waals surface area contributed by atoms with E-state index in [0.717, 1.165) is 25.6 Å². The van der Waals surface area contributed by atoms with Gasteiger partial charge in [0.2, 0.25) is 0 Å². The monoisotopic (exact) mass is 280 g/mol. The van der Waals surface area contributed by atoms with Crippen LogP contribution in [0.3, 0.4) is 0 Å². The van der Waals surface area contributed by atoms with E-state index in [2.05, 4.69) is 34.1 Å². The Bertz CT molecular complexity index is 320. The predicted octanol–water partition coefficient (Wildman–Crippen LogP) is 2.17. The zero-order valence-electron chi connectivity index (χ0n) is 13.6. The zero-order valence-corrected chi connectivity index (χ0v) is 13.6. The molecule has 0 radical (unpaired) electrons. The van der Waals surface area contributed by atoms with Crippen LogP contribution in [0.2, 0.25) is 0 Å². The summed E-state index contributed by atoms with van der Waals surface area (Å²) in [7, 11) is 4.08. The van der Waals surface area contributed by atoms with Gasteiger partial charge < -0.3 is 15.1 Å². The van der Waals surface area contributed by atoms with Gasteiger partial charge in [0.1, 0.15) is 0 Å². The maximum absolute atomic E-state index is 4.48. The van der Waals surface area contributed by atoms with Crippen molar-refractivity contribution < 1.29 is 0 Å². The molecule has 1 aliphatic heterocycles. The molecule has 116 valence electrons. The van der Waals surface area contributed by atoms with Crippen LogP contribution in [0.25, 0.3) is 0 Å². The van der Waals surface area contributed by atoms with Crippen LogP contribution in [0.1, 0.15) is 45.4 Å². The lowest BCUT2D eigenvalue weighted by molar-refractivity contribution is 0.203. The maximum Gasteiger partial charge on any atom is 0.193 e. The van der Waals surface area contributed by atoms with Gasteiger partial charge in [-0.05, 0) is 38.3 Å². The molecular weight excluding hydrogens is 248 g/mol. The van der Waals surface area contributed by atoms with Gasteiger partial charge in [0.05, 0.1) is 0 Å². The van der Waals surface area contributed by atoms with Gasteiger partial charge in [0.15, 0.2) is 5.96 Å². The summed E-state index contributed by atoms with van der Waals surface area (Å²) < 4.78 is 0. The van der Waals surface area contributed by atoms with Gasteiger partial charge in [-0.1, -0.05) is 26.2 Å². The maximum atomic E-state index is 4.48. The Labute approximate surface area is 124 Å². The van der Waals surface area contributed by atoms with Crippen molar-refractivity contribution in [2.45, 2.75) is 45.4 Å². The van der Waals surface area contributed by atoms with Crippen molar-refractivity contribution in [3.05, 3.63) is 0 Å². The number of nitrogens with one attached hydrogen (secondary N) is 1. The van der Waals surface area contributed by atoms with Gasteiger partial charge in [-0.3, -0.25) is 4.99 Å². The molecule has 0 aromatic heterocycles. The van der Waals surface area contributed by atoms with E-state index in [9.17, 15) is 0 Å². The van der Waals surface area contributed by atoms with Crippen molar-refractivity contribution in [3.8, 4) is 0 Å². The summed E-state index contributed by atoms with van der Waals surface area (Å²) in [6, 6.07) is 0. The first-order valence-corrected chi connectivity index (χ1v) is 8.33. The molecule has 1 saturated heterocycles. The summed E-state index contributed by atoms with van der Waals surface area (Å²) in [5.74, 6) is 1.11. The summed E-state index contributed by atoms with van der Waals surface area (Å²) in [6.07, 6.45) is 8.53. The van der Waals surface area contributed by atoms with E-state index < -0.39 is 0 Å². The Morgan fingerprint density at radius 2 is 2.00 bits per heavy atom. The molecule has 4 nitrogen and oxygen atoms in total. The van der Waals surface area contributed by atoms with E-state index in [4.69, 9.17) is 0 Å². The molecule has 0 aromatic rings. The van der Waals surface area contributed by atoms with Crippen molar-refractivity contribution in [2.24, 2.45) is 10.4 Å². The molecule has 1 N–H and O–H groups in total. The number of hydrogen-bond donors (Lipinski definition) is 1. The predicted molar refractivity (Wildman–Crippen MR) is 86.2 cm³/mol. The summed E-state index contributed by atoms with van der Waals surface area (Å²) in [5.41, 5.74) is 0.607. The molecule has 0 atom stereocenters. The Morgan fingerprint density at radius 1 is 1.25 bits per heavy atom. The molecule has 0 bridgehead atoms. The molecule has 1 aliphatic carbocycles. The summed E-state index contributed by atoms with van der Waals surface area (Å²) >= 11 is 0. The highest BCUT2D eigenvalue weighted by Gasteiger charge is 2.39. The molecule has 2 rings (SSSR count). The minimum atomic E-state index is 0.607. The Hall–Kier alpha value is -0.770. The third-order valence-corrected chi connectivity index (χ3v) is 5.18. The van der Waals surface area contributed by atoms with Gasteiger partial charge in [0.25, 0.3) is 0 Å². The minimum absolute atomic E-state index is 0.607. The Balaban J connectivity index is 1.80. The second-order valence-electron chi connectivity index (χ2n) is 6.60. The molecule has 1 heterocycles. The molecule has 2 aliphatic rings. The fraction of sp³-hybridized carbons (Fsp3) is 0.938. The van der Waals surface area contributed by atoms with E-state index in [-0.39, 0.29) is 0 Å². The molecule has 4 heteroatoms. The smallest absolute Gasteiger partial charge is 0.193 e. The first kappa shape index (κ1) is 15.6. The lowest BCUT2D eigenvalue weighted by atomic mass is 9.73. The van der Waals surface area contributed by atoms with Gasteiger partial charge >= 0.3 is 0 Å². The Kier molecular flexibility index (Phi) is 5.70. The van der Waals surface area contributed by atoms with Crippen LogP contribution in [0.15, 0.2) is 4.99 Å². The summed E-state index contributed by atoms with van der Waals surface area (Å²) in [4.78, 5) is 9.29. The fourth-order valence-electron chi connectivity index (χ4n) is 3.67. The molecular formula is C16H32N4. The highest BCUT2D eigenvalue weighted by molar-refractivity contribution is 5.80. The molecule has 0 amide bonds. The third-order valence-electron chi connectivity index (χ3n) is 5.18. The molecule has 1 saturated carbocycles. The lowest BCUT2D eigenvalue weighted by Crippen LogP contribution is -2.43. The number of likely N-dealkylation sites (N-methyl/N-ethyl adjacent to an activating group) is 1. The van der Waals surface area contributed by atoms with Gasteiger partial charge in [-0.25, -0.2) is 0 Å². The summed E-state index contributed by atoms with van der Waals surface area (Å²) in [5, 5.41) is 3.53. The molecule has 1 spiro atoms. The number of likely N-dealkylation sites (tertiary alicyclic amines) is 1. The van der Waals surface area contributed by atoms with E-state index in [1.807, 2.05) is 7.05 Å². The Morgan fingerprint density at radius 3 is 2.65 bits per heavy atom. The number of guanidine groups is 1. The van der Waals surface area contributed by atoms with E-state index >= 15 is 0 Å². The number of aliphatic imine (C=N–C) groups is 1. The standard InChI is InChI=1S/C16H32N4/c1-4-19(3)13-11-18-15(17-2)20-12-10-16(14-20)8-6-5-7-9-16/h4-14H2,1-3H3,(H,17,18). The van der Waals surface area contributed by atoms with Crippen molar-refractivity contribution in [1.82, 2.24) is 15.1 Å².